The van der Waals surface area contributed by atoms with E-state index >= 15 is 0 Å². The summed E-state index contributed by atoms with van der Waals surface area (Å²) >= 11 is 3.19. The van der Waals surface area contributed by atoms with Crippen molar-refractivity contribution in [2.24, 2.45) is 0 Å². The molecule has 0 bridgehead atoms. The molecule has 5 nitrogen and oxygen atoms in total. The van der Waals surface area contributed by atoms with E-state index in [2.05, 4.69) is 15.9 Å². The number of amides is 1. The molecule has 0 atom stereocenters. The Balaban J connectivity index is 2.41. The summed E-state index contributed by atoms with van der Waals surface area (Å²) in [6, 6.07) is 12.9. The average Bonchev–Trinajstić information content (AvgIpc) is 2.45. The minimum atomic E-state index is -1.14. The van der Waals surface area contributed by atoms with Gasteiger partial charge in [-0.3, -0.25) is 14.5 Å². The Morgan fingerprint density at radius 1 is 1.10 bits per heavy atom. The molecule has 6 heteroatoms. The van der Waals surface area contributed by atoms with Gasteiger partial charge in [-0.05, 0) is 30.3 Å². The fourth-order valence-electron chi connectivity index (χ4n) is 1.85. The van der Waals surface area contributed by atoms with Crippen molar-refractivity contribution < 1.29 is 19.8 Å². The lowest BCUT2D eigenvalue weighted by molar-refractivity contribution is -0.135. The summed E-state index contributed by atoms with van der Waals surface area (Å²) in [5.74, 6) is -1.92. The molecule has 0 heterocycles. The zero-order chi connectivity index (χ0) is 15.4. The maximum absolute atomic E-state index is 12.5. The lowest BCUT2D eigenvalue weighted by atomic mass is 10.1. The predicted molar refractivity (Wildman–Crippen MR) is 81.6 cm³/mol. The summed E-state index contributed by atoms with van der Waals surface area (Å²) in [5.41, 5.74) is 0.496. The molecule has 0 fully saturated rings. The van der Waals surface area contributed by atoms with Gasteiger partial charge in [0.1, 0.15) is 12.3 Å². The number of hydrogen-bond donors (Lipinski definition) is 2. The van der Waals surface area contributed by atoms with E-state index in [1.54, 1.807) is 36.4 Å². The number of phenols is 1. The fourth-order valence-corrected chi connectivity index (χ4v) is 2.20. The van der Waals surface area contributed by atoms with Crippen LogP contribution in [0.15, 0.2) is 53.0 Å². The molecule has 108 valence electrons. The highest BCUT2D eigenvalue weighted by Gasteiger charge is 2.22. The van der Waals surface area contributed by atoms with E-state index in [1.807, 2.05) is 0 Å². The Kier molecular flexibility index (Phi) is 4.59. The number of aromatic hydroxyl groups is 1. The number of carboxylic acid groups (broad SMARTS) is 1. The van der Waals surface area contributed by atoms with Crippen LogP contribution in [0.5, 0.6) is 5.75 Å². The number of aliphatic carboxylic acids is 1. The molecular weight excluding hydrogens is 338 g/mol. The minimum absolute atomic E-state index is 0.0447. The van der Waals surface area contributed by atoms with E-state index in [0.29, 0.717) is 10.2 Å². The van der Waals surface area contributed by atoms with Crippen LogP contribution in [0.1, 0.15) is 10.4 Å². The van der Waals surface area contributed by atoms with Crippen molar-refractivity contribution >= 4 is 33.5 Å². The molecule has 0 aliphatic carbocycles. The molecule has 0 radical (unpaired) electrons. The van der Waals surface area contributed by atoms with E-state index < -0.39 is 18.4 Å². The first-order valence-corrected chi connectivity index (χ1v) is 6.85. The quantitative estimate of drug-likeness (QED) is 0.889. The van der Waals surface area contributed by atoms with Crippen molar-refractivity contribution in [2.75, 3.05) is 11.4 Å². The molecular formula is C15H12BrNO4. The van der Waals surface area contributed by atoms with E-state index in [-0.39, 0.29) is 11.3 Å². The van der Waals surface area contributed by atoms with E-state index in [4.69, 9.17) is 5.11 Å². The first-order valence-electron chi connectivity index (χ1n) is 6.06. The highest BCUT2D eigenvalue weighted by atomic mass is 79.9. The van der Waals surface area contributed by atoms with Crippen molar-refractivity contribution in [1.29, 1.82) is 0 Å². The topological polar surface area (TPSA) is 77.8 Å². The highest BCUT2D eigenvalue weighted by molar-refractivity contribution is 9.10. The maximum atomic E-state index is 12.5. The minimum Gasteiger partial charge on any atom is -0.507 e. The van der Waals surface area contributed by atoms with Crippen LogP contribution in [-0.2, 0) is 4.79 Å². The SMILES string of the molecule is O=C(O)CN(C(=O)c1ccc(Br)cc1O)c1ccccc1. The molecule has 0 saturated carbocycles. The van der Waals surface area contributed by atoms with Crippen LogP contribution in [0.2, 0.25) is 0 Å². The molecule has 2 N–H and O–H groups in total. The van der Waals surface area contributed by atoms with Gasteiger partial charge in [0, 0.05) is 10.2 Å². The third-order valence-electron chi connectivity index (χ3n) is 2.80. The van der Waals surface area contributed by atoms with Crippen molar-refractivity contribution in [1.82, 2.24) is 0 Å². The standard InChI is InChI=1S/C15H12BrNO4/c16-10-6-7-12(13(18)8-10)15(21)17(9-14(19)20)11-4-2-1-3-5-11/h1-8,18H,9H2,(H,19,20). The molecule has 0 spiro atoms. The molecule has 21 heavy (non-hydrogen) atoms. The van der Waals surface area contributed by atoms with Gasteiger partial charge < -0.3 is 10.2 Å². The van der Waals surface area contributed by atoms with Crippen LogP contribution in [-0.4, -0.2) is 28.6 Å². The monoisotopic (exact) mass is 349 g/mol. The van der Waals surface area contributed by atoms with Gasteiger partial charge in [-0.25, -0.2) is 0 Å². The summed E-state index contributed by atoms with van der Waals surface area (Å²) in [4.78, 5) is 24.6. The van der Waals surface area contributed by atoms with Gasteiger partial charge in [-0.2, -0.15) is 0 Å². The normalized spacial score (nSPS) is 10.1. The van der Waals surface area contributed by atoms with Crippen molar-refractivity contribution in [3.05, 3.63) is 58.6 Å². The summed E-state index contributed by atoms with van der Waals surface area (Å²) in [5, 5.41) is 18.9. The molecule has 2 rings (SSSR count). The number of benzene rings is 2. The zero-order valence-corrected chi connectivity index (χ0v) is 12.4. The second kappa shape index (κ2) is 6.41. The molecule has 0 unspecified atom stereocenters. The smallest absolute Gasteiger partial charge is 0.323 e. The molecule has 0 aliphatic heterocycles. The van der Waals surface area contributed by atoms with Crippen molar-refractivity contribution in [3.63, 3.8) is 0 Å². The van der Waals surface area contributed by atoms with Crippen molar-refractivity contribution in [3.8, 4) is 5.75 Å². The lowest BCUT2D eigenvalue weighted by Crippen LogP contribution is -2.35. The Bertz CT molecular complexity index is 673. The van der Waals surface area contributed by atoms with Gasteiger partial charge >= 0.3 is 5.97 Å². The number of halogens is 1. The predicted octanol–water partition coefficient (Wildman–Crippen LogP) is 2.89. The lowest BCUT2D eigenvalue weighted by Gasteiger charge is -2.21. The molecule has 1 amide bonds. The van der Waals surface area contributed by atoms with Crippen molar-refractivity contribution in [2.45, 2.75) is 0 Å². The molecule has 2 aromatic carbocycles. The zero-order valence-electron chi connectivity index (χ0n) is 10.9. The number of anilines is 1. The molecule has 0 aliphatic rings. The summed E-state index contributed by atoms with van der Waals surface area (Å²) in [6.45, 7) is -0.488. The van der Waals surface area contributed by atoms with Crippen LogP contribution in [0.4, 0.5) is 5.69 Å². The first-order chi connectivity index (χ1) is 9.99. The van der Waals surface area contributed by atoms with Crippen LogP contribution in [0.3, 0.4) is 0 Å². The number of para-hydroxylation sites is 1. The number of carbonyl (C=O) groups excluding carboxylic acids is 1. The third-order valence-corrected chi connectivity index (χ3v) is 3.29. The van der Waals surface area contributed by atoms with E-state index in [9.17, 15) is 14.7 Å². The summed E-state index contributed by atoms with van der Waals surface area (Å²) < 4.78 is 0.626. The molecule has 0 saturated heterocycles. The summed E-state index contributed by atoms with van der Waals surface area (Å²) in [7, 11) is 0. The average molecular weight is 350 g/mol. The second-order valence-electron chi connectivity index (χ2n) is 4.28. The third kappa shape index (κ3) is 3.61. The Morgan fingerprint density at radius 2 is 1.76 bits per heavy atom. The van der Waals surface area contributed by atoms with Gasteiger partial charge in [-0.15, -0.1) is 0 Å². The number of hydrogen-bond acceptors (Lipinski definition) is 3. The highest BCUT2D eigenvalue weighted by Crippen LogP contribution is 2.25. The van der Waals surface area contributed by atoms with Gasteiger partial charge in [0.2, 0.25) is 0 Å². The van der Waals surface area contributed by atoms with Crippen LogP contribution < -0.4 is 4.90 Å². The van der Waals surface area contributed by atoms with Gasteiger partial charge in [0.05, 0.1) is 5.56 Å². The van der Waals surface area contributed by atoms with E-state index in [0.717, 1.165) is 4.90 Å². The Labute approximate surface area is 129 Å². The second-order valence-corrected chi connectivity index (χ2v) is 5.20. The van der Waals surface area contributed by atoms with Crippen LogP contribution in [0.25, 0.3) is 0 Å². The molecule has 0 aromatic heterocycles. The van der Waals surface area contributed by atoms with Gasteiger partial charge in [0.25, 0.3) is 5.91 Å². The summed E-state index contributed by atoms with van der Waals surface area (Å²) in [6.07, 6.45) is 0. The maximum Gasteiger partial charge on any atom is 0.323 e. The van der Waals surface area contributed by atoms with Crippen LogP contribution in [0, 0.1) is 0 Å². The van der Waals surface area contributed by atoms with Crippen LogP contribution >= 0.6 is 15.9 Å². The van der Waals surface area contributed by atoms with Gasteiger partial charge in [-0.1, -0.05) is 34.1 Å². The largest absolute Gasteiger partial charge is 0.507 e. The fraction of sp³-hybridized carbons (Fsp3) is 0.0667. The van der Waals surface area contributed by atoms with Gasteiger partial charge in [0.15, 0.2) is 0 Å². The molecule has 2 aromatic rings. The Hall–Kier alpha value is -2.34. The number of rotatable bonds is 4. The number of carboxylic acids is 1. The first kappa shape index (κ1) is 15.1. The number of carbonyl (C=O) groups is 2. The van der Waals surface area contributed by atoms with E-state index in [1.165, 1.54) is 12.1 Å². The number of phenolic OH excluding ortho intramolecular Hbond substituents is 1. The Morgan fingerprint density at radius 3 is 2.33 bits per heavy atom. The number of nitrogens with zero attached hydrogens (tertiary/aromatic N) is 1.